The predicted molar refractivity (Wildman–Crippen MR) is 174 cm³/mol. The number of Topliss-reactive ketones (excluding diaryl/α,β-unsaturated/α-hetero) is 1. The van der Waals surface area contributed by atoms with Gasteiger partial charge in [0, 0.05) is 40.6 Å². The highest BCUT2D eigenvalue weighted by Gasteiger charge is 2.45. The third-order valence-electron chi connectivity index (χ3n) is 8.19. The molecule has 0 fully saturated rings. The third kappa shape index (κ3) is 6.86. The number of hydrogen-bond donors (Lipinski definition) is 0. The van der Waals surface area contributed by atoms with E-state index in [1.54, 1.807) is 26.0 Å². The quantitative estimate of drug-likeness (QED) is 0.158. The molecule has 230 valence electrons. The van der Waals surface area contributed by atoms with Gasteiger partial charge < -0.3 is 18.9 Å². The van der Waals surface area contributed by atoms with Gasteiger partial charge in [0.1, 0.15) is 24.9 Å². The van der Waals surface area contributed by atoms with Crippen molar-refractivity contribution < 1.29 is 28.5 Å². The Hall–Kier alpha value is -4.04. The number of ether oxygens (including phenoxy) is 4. The number of carbonyl (C=O) groups excluding carboxylic acids is 2. The first-order valence-corrected chi connectivity index (χ1v) is 16.1. The monoisotopic (exact) mass is 613 g/mol. The van der Waals surface area contributed by atoms with Gasteiger partial charge >= 0.3 is 5.97 Å². The number of allylic oxidation sites excluding steroid dienone is 2. The van der Waals surface area contributed by atoms with Crippen molar-refractivity contribution in [1.29, 1.82) is 0 Å². The molecule has 3 aromatic rings. The molecule has 3 atom stereocenters. The lowest BCUT2D eigenvalue weighted by Gasteiger charge is -2.37. The number of hydrogen-bond acceptors (Lipinski definition) is 8. The van der Waals surface area contributed by atoms with Crippen LogP contribution in [0, 0.1) is 5.92 Å². The van der Waals surface area contributed by atoms with Crippen molar-refractivity contribution in [3.8, 4) is 17.2 Å². The lowest BCUT2D eigenvalue weighted by Crippen LogP contribution is -2.38. The molecule has 5 rings (SSSR count). The Balaban J connectivity index is 1.53. The summed E-state index contributed by atoms with van der Waals surface area (Å²) in [6, 6.07) is 23.4. The summed E-state index contributed by atoms with van der Waals surface area (Å²) in [4.78, 5) is 32.8. The second-order valence-corrected chi connectivity index (χ2v) is 12.3. The molecule has 44 heavy (non-hydrogen) atoms. The van der Waals surface area contributed by atoms with E-state index in [9.17, 15) is 9.59 Å². The number of thioether (sulfide) groups is 1. The zero-order valence-electron chi connectivity index (χ0n) is 25.7. The van der Waals surface area contributed by atoms with Gasteiger partial charge in [-0.25, -0.2) is 0 Å². The molecule has 0 bridgehead atoms. The summed E-state index contributed by atoms with van der Waals surface area (Å²) < 4.78 is 23.1. The maximum Gasteiger partial charge on any atom is 0.315 e. The van der Waals surface area contributed by atoms with Crippen molar-refractivity contribution in [2.45, 2.75) is 45.1 Å². The minimum Gasteiger partial charge on any atom is -0.493 e. The van der Waals surface area contributed by atoms with Crippen molar-refractivity contribution in [2.24, 2.45) is 10.9 Å². The van der Waals surface area contributed by atoms with Crippen molar-refractivity contribution in [3.05, 3.63) is 101 Å². The molecular weight excluding hydrogens is 574 g/mol. The van der Waals surface area contributed by atoms with Crippen molar-refractivity contribution >= 4 is 29.2 Å². The number of rotatable bonds is 12. The first kappa shape index (κ1) is 31.4. The first-order chi connectivity index (χ1) is 21.4. The van der Waals surface area contributed by atoms with Crippen molar-refractivity contribution in [2.75, 3.05) is 32.3 Å². The van der Waals surface area contributed by atoms with Crippen molar-refractivity contribution in [1.82, 2.24) is 0 Å². The van der Waals surface area contributed by atoms with E-state index in [-0.39, 0.29) is 17.7 Å². The Labute approximate surface area is 263 Å². The molecule has 1 aliphatic carbocycles. The molecule has 0 radical (unpaired) electrons. The van der Waals surface area contributed by atoms with Crippen LogP contribution in [-0.2, 0) is 20.9 Å². The Kier molecular flexibility index (Phi) is 10.4. The average molecular weight is 614 g/mol. The van der Waals surface area contributed by atoms with E-state index >= 15 is 0 Å². The highest BCUT2D eigenvalue weighted by molar-refractivity contribution is 7.99. The molecular formula is C36H39NO6S. The molecule has 8 heteroatoms. The van der Waals surface area contributed by atoms with Gasteiger partial charge in [-0.3, -0.25) is 14.6 Å². The number of para-hydroxylation sites is 1. The lowest BCUT2D eigenvalue weighted by atomic mass is 9.69. The normalized spacial score (nSPS) is 19.6. The second-order valence-electron chi connectivity index (χ2n) is 10.9. The molecule has 0 amide bonds. The fraction of sp³-hybridized carbons (Fsp3) is 0.361. The Morgan fingerprint density at radius 3 is 2.43 bits per heavy atom. The van der Waals surface area contributed by atoms with Crippen LogP contribution >= 0.6 is 11.8 Å². The topological polar surface area (TPSA) is 83.4 Å². The Bertz CT molecular complexity index is 1550. The SMILES string of the molecule is CCSCCOC(=O)C1C(C)=NC2=C(C(=O)CC(c3ccc(OC)c(OC)c3)C2)C1c1ccccc1OCc1ccccc1. The summed E-state index contributed by atoms with van der Waals surface area (Å²) in [5.74, 6) is 1.77. The first-order valence-electron chi connectivity index (χ1n) is 15.0. The van der Waals surface area contributed by atoms with Gasteiger partial charge in [0.05, 0.1) is 14.2 Å². The standard InChI is InChI=1S/C36H39NO6S/c1-5-44-18-17-42-36(39)33-23(2)37-28-19-26(25-15-16-31(40-3)32(21-25)41-4)20-29(38)35(28)34(33)27-13-9-10-14-30(27)43-22-24-11-7-6-8-12-24/h6-16,21,26,33-34H,5,17-20,22H2,1-4H3. The Morgan fingerprint density at radius 1 is 0.932 bits per heavy atom. The van der Waals surface area contributed by atoms with Crippen LogP contribution < -0.4 is 14.2 Å². The van der Waals surface area contributed by atoms with Gasteiger partial charge in [0.15, 0.2) is 17.3 Å². The average Bonchev–Trinajstić information content (AvgIpc) is 3.05. The smallest absolute Gasteiger partial charge is 0.315 e. The van der Waals surface area contributed by atoms with Gasteiger partial charge in [-0.15, -0.1) is 0 Å². The van der Waals surface area contributed by atoms with Crippen LogP contribution in [-0.4, -0.2) is 49.8 Å². The van der Waals surface area contributed by atoms with Crippen LogP contribution in [0.4, 0.5) is 0 Å². The molecule has 0 saturated carbocycles. The summed E-state index contributed by atoms with van der Waals surface area (Å²) in [6.07, 6.45) is 0.855. The van der Waals surface area contributed by atoms with Crippen LogP contribution in [0.25, 0.3) is 0 Å². The van der Waals surface area contributed by atoms with E-state index in [1.165, 1.54) is 0 Å². The van der Waals surface area contributed by atoms with Crippen LogP contribution in [0.2, 0.25) is 0 Å². The summed E-state index contributed by atoms with van der Waals surface area (Å²) in [7, 11) is 3.20. The maximum absolute atomic E-state index is 14.2. The van der Waals surface area contributed by atoms with Crippen LogP contribution in [0.1, 0.15) is 55.2 Å². The number of aliphatic imine (C=N–C) groups is 1. The molecule has 1 heterocycles. The molecule has 7 nitrogen and oxygen atoms in total. The van der Waals surface area contributed by atoms with Gasteiger partial charge in [0.2, 0.25) is 0 Å². The largest absolute Gasteiger partial charge is 0.493 e. The van der Waals surface area contributed by atoms with Crippen LogP contribution in [0.3, 0.4) is 0 Å². The zero-order chi connectivity index (χ0) is 31.1. The Morgan fingerprint density at radius 2 is 1.68 bits per heavy atom. The fourth-order valence-corrected chi connectivity index (χ4v) is 6.57. The van der Waals surface area contributed by atoms with Gasteiger partial charge in [-0.1, -0.05) is 61.5 Å². The van der Waals surface area contributed by atoms with Gasteiger partial charge in [-0.05, 0) is 54.3 Å². The van der Waals surface area contributed by atoms with Gasteiger partial charge in [0.25, 0.3) is 0 Å². The molecule has 0 spiro atoms. The highest BCUT2D eigenvalue weighted by Crippen LogP contribution is 2.49. The minimum atomic E-state index is -0.733. The second kappa shape index (κ2) is 14.6. The molecule has 2 aliphatic rings. The molecule has 1 aliphatic heterocycles. The predicted octanol–water partition coefficient (Wildman–Crippen LogP) is 7.15. The minimum absolute atomic E-state index is 0.0236. The summed E-state index contributed by atoms with van der Waals surface area (Å²) >= 11 is 1.72. The third-order valence-corrected chi connectivity index (χ3v) is 9.05. The number of methoxy groups -OCH3 is 2. The molecule has 3 unspecified atom stereocenters. The molecule has 0 saturated heterocycles. The fourth-order valence-electron chi connectivity index (χ4n) is 6.08. The van der Waals surface area contributed by atoms with E-state index in [4.69, 9.17) is 23.9 Å². The lowest BCUT2D eigenvalue weighted by molar-refractivity contribution is -0.145. The molecule has 0 N–H and O–H groups in total. The van der Waals surface area contributed by atoms with E-state index in [1.807, 2.05) is 79.7 Å². The number of carbonyl (C=O) groups is 2. The number of ketones is 1. The highest BCUT2D eigenvalue weighted by atomic mass is 32.2. The number of nitrogens with zero attached hydrogens (tertiary/aromatic N) is 1. The van der Waals surface area contributed by atoms with Crippen LogP contribution in [0.15, 0.2) is 89.1 Å². The van der Waals surface area contributed by atoms with E-state index in [2.05, 4.69) is 6.92 Å². The van der Waals surface area contributed by atoms with Crippen molar-refractivity contribution in [3.63, 3.8) is 0 Å². The summed E-state index contributed by atoms with van der Waals surface area (Å²) in [5, 5.41) is 0. The van der Waals surface area contributed by atoms with Gasteiger partial charge in [-0.2, -0.15) is 11.8 Å². The van der Waals surface area contributed by atoms with Crippen LogP contribution in [0.5, 0.6) is 17.2 Å². The van der Waals surface area contributed by atoms with E-state index < -0.39 is 11.8 Å². The summed E-state index contributed by atoms with van der Waals surface area (Å²) in [5.41, 5.74) is 4.72. The molecule has 0 aromatic heterocycles. The number of benzene rings is 3. The zero-order valence-corrected chi connectivity index (χ0v) is 26.5. The summed E-state index contributed by atoms with van der Waals surface area (Å²) in [6.45, 7) is 4.61. The number of esters is 1. The molecule has 3 aromatic carbocycles. The van der Waals surface area contributed by atoms with E-state index in [0.717, 1.165) is 22.4 Å². The maximum atomic E-state index is 14.2. The van der Waals surface area contributed by atoms with E-state index in [0.29, 0.717) is 66.0 Å².